The molecule has 1 aromatic carbocycles. The Labute approximate surface area is 268 Å². The van der Waals surface area contributed by atoms with E-state index in [9.17, 15) is 14.4 Å². The lowest BCUT2D eigenvalue weighted by atomic mass is 10.1. The van der Waals surface area contributed by atoms with Gasteiger partial charge in [-0.1, -0.05) is 12.1 Å². The summed E-state index contributed by atoms with van der Waals surface area (Å²) in [5.41, 5.74) is 16.8. The number of hydrogen-bond acceptors (Lipinski definition) is 11. The van der Waals surface area contributed by atoms with Crippen molar-refractivity contribution in [3.05, 3.63) is 103 Å². The summed E-state index contributed by atoms with van der Waals surface area (Å²) in [6, 6.07) is 21.2. The molecule has 7 rings (SSSR count). The fourth-order valence-electron chi connectivity index (χ4n) is 5.71. The zero-order chi connectivity index (χ0) is 32.5. The van der Waals surface area contributed by atoms with Crippen molar-refractivity contribution in [2.45, 2.75) is 12.6 Å². The standard InChI is InChI=1S/C33H27FN12O/c34-21-5-8-24(40-17-21)25-9-10-26-33(41-25)46(32(42-26)23-2-1-12-39-30(23)36)22-6-3-20(4-7-22)18-44-14-15-45(19-27(44)31(37)47)29-11-13-38-28(16-35)43-29/h1-13,17,27H,14-15,18-19H2,(H2,36,39)(H2,37,47)/t27-/m1/s1. The summed E-state index contributed by atoms with van der Waals surface area (Å²) in [5, 5.41) is 9.19. The molecule has 14 heteroatoms. The first-order valence-corrected chi connectivity index (χ1v) is 14.7. The second-order valence-corrected chi connectivity index (χ2v) is 11.0. The molecule has 1 amide bonds. The number of primary amides is 1. The van der Waals surface area contributed by atoms with E-state index in [1.54, 1.807) is 30.5 Å². The van der Waals surface area contributed by atoms with Crippen LogP contribution in [0.4, 0.5) is 16.0 Å². The smallest absolute Gasteiger partial charge is 0.236 e. The normalized spacial score (nSPS) is 15.1. The Morgan fingerprint density at radius 3 is 2.51 bits per heavy atom. The van der Waals surface area contributed by atoms with Crippen molar-refractivity contribution in [2.75, 3.05) is 30.3 Å². The van der Waals surface area contributed by atoms with Gasteiger partial charge < -0.3 is 16.4 Å². The van der Waals surface area contributed by atoms with Crippen LogP contribution in [0.2, 0.25) is 0 Å². The molecule has 1 aliphatic rings. The first kappa shape index (κ1) is 29.4. The first-order chi connectivity index (χ1) is 22.9. The Morgan fingerprint density at radius 2 is 1.77 bits per heavy atom. The molecule has 1 aliphatic heterocycles. The van der Waals surface area contributed by atoms with Crippen LogP contribution >= 0.6 is 0 Å². The van der Waals surface area contributed by atoms with E-state index in [1.165, 1.54) is 12.3 Å². The van der Waals surface area contributed by atoms with Gasteiger partial charge in [0.05, 0.1) is 23.1 Å². The average molecular weight is 627 g/mol. The number of rotatable bonds is 7. The summed E-state index contributed by atoms with van der Waals surface area (Å²) in [7, 11) is 0. The maximum atomic E-state index is 13.6. The van der Waals surface area contributed by atoms with Crippen LogP contribution in [0.3, 0.4) is 0 Å². The quantitative estimate of drug-likeness (QED) is 0.266. The molecule has 0 radical (unpaired) electrons. The van der Waals surface area contributed by atoms with Crippen LogP contribution in [0.25, 0.3) is 39.6 Å². The number of anilines is 2. The molecule has 0 bridgehead atoms. The summed E-state index contributed by atoms with van der Waals surface area (Å²) in [6.07, 6.45) is 4.30. The molecule has 1 atom stereocenters. The molecular weight excluding hydrogens is 599 g/mol. The summed E-state index contributed by atoms with van der Waals surface area (Å²) in [5.74, 6) is 0.656. The van der Waals surface area contributed by atoms with E-state index in [4.69, 9.17) is 21.4 Å². The number of piperazine rings is 1. The van der Waals surface area contributed by atoms with Gasteiger partial charge in [0.15, 0.2) is 11.5 Å². The SMILES string of the molecule is N#Cc1nccc(N2CCN(Cc3ccc(-n4c(-c5cccnc5N)nc5ccc(-c6ccc(F)cn6)nc54)cc3)[C@@H](C(N)=O)C2)n1. The van der Waals surface area contributed by atoms with E-state index in [0.717, 1.165) is 17.4 Å². The number of amides is 1. The minimum absolute atomic E-state index is 0.0687. The predicted molar refractivity (Wildman–Crippen MR) is 172 cm³/mol. The van der Waals surface area contributed by atoms with Gasteiger partial charge in [0.2, 0.25) is 11.7 Å². The predicted octanol–water partition coefficient (Wildman–Crippen LogP) is 3.10. The molecule has 5 aromatic heterocycles. The number of nitriles is 1. The molecule has 0 spiro atoms. The third-order valence-electron chi connectivity index (χ3n) is 8.04. The molecule has 13 nitrogen and oxygen atoms in total. The molecule has 0 aliphatic carbocycles. The second kappa shape index (κ2) is 12.2. The van der Waals surface area contributed by atoms with Crippen molar-refractivity contribution in [2.24, 2.45) is 5.73 Å². The Bertz CT molecular complexity index is 2140. The number of carbonyl (C=O) groups is 1. The van der Waals surface area contributed by atoms with Crippen LogP contribution in [0, 0.1) is 17.1 Å². The van der Waals surface area contributed by atoms with Gasteiger partial charge in [-0.3, -0.25) is 19.2 Å². The third kappa shape index (κ3) is 5.78. The maximum absolute atomic E-state index is 13.6. The minimum Gasteiger partial charge on any atom is -0.383 e. The van der Waals surface area contributed by atoms with E-state index in [0.29, 0.717) is 71.8 Å². The van der Waals surface area contributed by atoms with Crippen LogP contribution in [-0.2, 0) is 11.3 Å². The van der Waals surface area contributed by atoms with Crippen molar-refractivity contribution in [3.8, 4) is 34.5 Å². The van der Waals surface area contributed by atoms with Gasteiger partial charge in [-0.05, 0) is 60.2 Å². The number of benzene rings is 1. The number of nitrogen functional groups attached to an aromatic ring is 1. The van der Waals surface area contributed by atoms with Crippen molar-refractivity contribution < 1.29 is 9.18 Å². The fourth-order valence-corrected chi connectivity index (χ4v) is 5.71. The number of imidazole rings is 1. The highest BCUT2D eigenvalue weighted by Gasteiger charge is 2.32. The molecule has 0 saturated carbocycles. The van der Waals surface area contributed by atoms with E-state index in [1.807, 2.05) is 56.8 Å². The Morgan fingerprint density at radius 1 is 0.936 bits per heavy atom. The molecule has 1 fully saturated rings. The molecule has 4 N–H and O–H groups in total. The van der Waals surface area contributed by atoms with E-state index in [2.05, 4.69) is 19.9 Å². The summed E-state index contributed by atoms with van der Waals surface area (Å²) < 4.78 is 15.5. The van der Waals surface area contributed by atoms with Crippen molar-refractivity contribution >= 4 is 28.7 Å². The molecule has 0 unspecified atom stereocenters. The van der Waals surface area contributed by atoms with Crippen LogP contribution in [-0.4, -0.2) is 71.0 Å². The minimum atomic E-state index is -0.565. The molecule has 6 aromatic rings. The van der Waals surface area contributed by atoms with Crippen LogP contribution in [0.5, 0.6) is 0 Å². The van der Waals surface area contributed by atoms with E-state index < -0.39 is 17.8 Å². The number of nitrogens with two attached hydrogens (primary N) is 2. The Balaban J connectivity index is 1.20. The molecule has 6 heterocycles. The van der Waals surface area contributed by atoms with Gasteiger partial charge in [0.25, 0.3) is 0 Å². The van der Waals surface area contributed by atoms with Crippen molar-refractivity contribution in [1.82, 2.24) is 39.4 Å². The highest BCUT2D eigenvalue weighted by atomic mass is 19.1. The lowest BCUT2D eigenvalue weighted by Crippen LogP contribution is -2.58. The summed E-state index contributed by atoms with van der Waals surface area (Å²) in [4.78, 5) is 42.9. The molecular formula is C33H27FN12O. The largest absolute Gasteiger partial charge is 0.383 e. The average Bonchev–Trinajstić information content (AvgIpc) is 3.48. The van der Waals surface area contributed by atoms with E-state index in [-0.39, 0.29) is 5.82 Å². The van der Waals surface area contributed by atoms with E-state index >= 15 is 0 Å². The number of pyridine rings is 3. The number of aromatic nitrogens is 7. The Hall–Kier alpha value is -6.33. The van der Waals surface area contributed by atoms with Crippen molar-refractivity contribution in [3.63, 3.8) is 0 Å². The highest BCUT2D eigenvalue weighted by molar-refractivity contribution is 5.84. The van der Waals surface area contributed by atoms with Gasteiger partial charge >= 0.3 is 0 Å². The van der Waals surface area contributed by atoms with Gasteiger partial charge in [0, 0.05) is 44.3 Å². The highest BCUT2D eigenvalue weighted by Crippen LogP contribution is 2.32. The lowest BCUT2D eigenvalue weighted by molar-refractivity contribution is -0.123. The molecule has 47 heavy (non-hydrogen) atoms. The molecule has 1 saturated heterocycles. The van der Waals surface area contributed by atoms with Crippen LogP contribution in [0.1, 0.15) is 11.4 Å². The number of hydrogen-bond donors (Lipinski definition) is 2. The number of nitrogens with zero attached hydrogens (tertiary/aromatic N) is 10. The van der Waals surface area contributed by atoms with Gasteiger partial charge in [-0.15, -0.1) is 0 Å². The van der Waals surface area contributed by atoms with Crippen LogP contribution in [0.15, 0.2) is 85.3 Å². The monoisotopic (exact) mass is 626 g/mol. The van der Waals surface area contributed by atoms with Crippen LogP contribution < -0.4 is 16.4 Å². The fraction of sp³-hybridized carbons (Fsp3) is 0.152. The summed E-state index contributed by atoms with van der Waals surface area (Å²) in [6.45, 7) is 1.98. The number of carbonyl (C=O) groups excluding carboxylic acids is 1. The van der Waals surface area contributed by atoms with Gasteiger partial charge in [0.1, 0.15) is 35.1 Å². The zero-order valence-corrected chi connectivity index (χ0v) is 24.9. The summed E-state index contributed by atoms with van der Waals surface area (Å²) >= 11 is 0. The topological polar surface area (TPSA) is 182 Å². The number of fused-ring (bicyclic) bond motifs is 1. The van der Waals surface area contributed by atoms with Gasteiger partial charge in [-0.25, -0.2) is 29.3 Å². The number of halogens is 1. The zero-order valence-electron chi connectivity index (χ0n) is 24.9. The first-order valence-electron chi connectivity index (χ1n) is 14.7. The van der Waals surface area contributed by atoms with Crippen molar-refractivity contribution in [1.29, 1.82) is 5.26 Å². The maximum Gasteiger partial charge on any atom is 0.236 e. The lowest BCUT2D eigenvalue weighted by Gasteiger charge is -2.40. The second-order valence-electron chi connectivity index (χ2n) is 11.0. The molecule has 232 valence electrons. The Kier molecular flexibility index (Phi) is 7.64. The third-order valence-corrected chi connectivity index (χ3v) is 8.04. The van der Waals surface area contributed by atoms with Gasteiger partial charge in [-0.2, -0.15) is 5.26 Å².